The molecule has 0 saturated carbocycles. The Bertz CT molecular complexity index is 1040. The Kier molecular flexibility index (Phi) is 6.28. The van der Waals surface area contributed by atoms with Gasteiger partial charge in [-0.05, 0) is 42.5 Å². The maximum Gasteiger partial charge on any atom is 0.387 e. The highest BCUT2D eigenvalue weighted by Crippen LogP contribution is 2.37. The van der Waals surface area contributed by atoms with Gasteiger partial charge in [-0.2, -0.15) is 8.78 Å². The number of alkyl halides is 2. The second-order valence-electron chi connectivity index (χ2n) is 5.40. The summed E-state index contributed by atoms with van der Waals surface area (Å²) in [4.78, 5) is 12.1. The zero-order valence-corrected chi connectivity index (χ0v) is 16.7. The first-order valence-electron chi connectivity index (χ1n) is 7.81. The van der Waals surface area contributed by atoms with Crippen molar-refractivity contribution in [2.45, 2.75) is 6.61 Å². The van der Waals surface area contributed by atoms with E-state index in [0.717, 1.165) is 4.70 Å². The molecule has 3 rings (SSSR count). The van der Waals surface area contributed by atoms with E-state index in [0.29, 0.717) is 26.7 Å². The molecule has 146 valence electrons. The summed E-state index contributed by atoms with van der Waals surface area (Å²) >= 11 is 12.7. The molecule has 0 spiro atoms. The van der Waals surface area contributed by atoms with E-state index in [1.54, 1.807) is 36.4 Å². The highest BCUT2D eigenvalue weighted by molar-refractivity contribution is 7.80. The largest absolute Gasteiger partial charge is 0.465 e. The molecule has 1 heterocycles. The molecule has 0 aliphatic rings. The number of anilines is 2. The number of para-hydroxylation sites is 2. The van der Waals surface area contributed by atoms with E-state index >= 15 is 0 Å². The zero-order chi connectivity index (χ0) is 20.3. The van der Waals surface area contributed by atoms with Crippen LogP contribution in [0.5, 0.6) is 5.75 Å². The summed E-state index contributed by atoms with van der Waals surface area (Å²) in [5, 5.41) is 7.01. The summed E-state index contributed by atoms with van der Waals surface area (Å²) < 4.78 is 35.0. The van der Waals surface area contributed by atoms with Crippen LogP contribution in [0.1, 0.15) is 9.67 Å². The minimum absolute atomic E-state index is 0.0233. The quantitative estimate of drug-likeness (QED) is 0.387. The molecule has 0 atom stereocenters. The fraction of sp³-hybridized carbons (Fsp3) is 0.111. The number of ether oxygens (including phenoxy) is 2. The van der Waals surface area contributed by atoms with E-state index in [1.807, 2.05) is 0 Å². The highest BCUT2D eigenvalue weighted by Gasteiger charge is 2.18. The first-order valence-corrected chi connectivity index (χ1v) is 9.41. The van der Waals surface area contributed by atoms with Crippen molar-refractivity contribution in [1.82, 2.24) is 0 Å². The third-order valence-electron chi connectivity index (χ3n) is 3.61. The Morgan fingerprint density at radius 3 is 2.68 bits per heavy atom. The van der Waals surface area contributed by atoms with Gasteiger partial charge in [-0.1, -0.05) is 23.7 Å². The van der Waals surface area contributed by atoms with Crippen LogP contribution in [-0.2, 0) is 4.74 Å². The molecular formula is C18H13ClF2N2O3S2. The van der Waals surface area contributed by atoms with Crippen molar-refractivity contribution in [3.8, 4) is 5.75 Å². The van der Waals surface area contributed by atoms with Crippen LogP contribution in [0.15, 0.2) is 42.5 Å². The lowest BCUT2D eigenvalue weighted by Crippen LogP contribution is -2.19. The second kappa shape index (κ2) is 8.68. The van der Waals surface area contributed by atoms with Crippen molar-refractivity contribution in [3.63, 3.8) is 0 Å². The molecule has 2 N–H and O–H groups in total. The highest BCUT2D eigenvalue weighted by atomic mass is 35.5. The summed E-state index contributed by atoms with van der Waals surface area (Å²) in [5.74, 6) is -0.529. The lowest BCUT2D eigenvalue weighted by atomic mass is 10.2. The van der Waals surface area contributed by atoms with Crippen LogP contribution in [0, 0.1) is 0 Å². The molecule has 28 heavy (non-hydrogen) atoms. The molecule has 2 aromatic carbocycles. The number of carbonyl (C=O) groups is 1. The summed E-state index contributed by atoms with van der Waals surface area (Å²) in [6.07, 6.45) is 0. The van der Waals surface area contributed by atoms with Gasteiger partial charge in [0.25, 0.3) is 0 Å². The monoisotopic (exact) mass is 442 g/mol. The molecule has 0 radical (unpaired) electrons. The summed E-state index contributed by atoms with van der Waals surface area (Å²) in [6, 6.07) is 11.5. The molecule has 0 saturated heterocycles. The van der Waals surface area contributed by atoms with Gasteiger partial charge in [0.2, 0.25) is 0 Å². The molecule has 0 aliphatic carbocycles. The lowest BCUT2D eigenvalue weighted by molar-refractivity contribution is -0.0493. The van der Waals surface area contributed by atoms with Crippen molar-refractivity contribution >= 4 is 67.7 Å². The van der Waals surface area contributed by atoms with E-state index < -0.39 is 12.6 Å². The fourth-order valence-electron chi connectivity index (χ4n) is 2.42. The number of halogens is 3. The van der Waals surface area contributed by atoms with E-state index in [2.05, 4.69) is 15.4 Å². The molecule has 0 amide bonds. The van der Waals surface area contributed by atoms with Crippen LogP contribution in [0.3, 0.4) is 0 Å². The van der Waals surface area contributed by atoms with E-state index in [1.165, 1.54) is 24.5 Å². The topological polar surface area (TPSA) is 59.6 Å². The maximum atomic E-state index is 12.5. The van der Waals surface area contributed by atoms with Gasteiger partial charge < -0.3 is 20.1 Å². The van der Waals surface area contributed by atoms with Gasteiger partial charge in [-0.25, -0.2) is 4.79 Å². The number of esters is 1. The minimum atomic E-state index is -2.94. The number of benzene rings is 2. The second-order valence-corrected chi connectivity index (χ2v) is 7.24. The first-order chi connectivity index (χ1) is 13.4. The molecular weight excluding hydrogens is 430 g/mol. The smallest absolute Gasteiger partial charge is 0.387 e. The SMILES string of the molecule is COC(=O)c1sc2cc(NC(=S)Nc3ccccc3OC(F)F)ccc2c1Cl. The Balaban J connectivity index is 1.78. The summed E-state index contributed by atoms with van der Waals surface area (Å²) in [5.41, 5.74) is 0.931. The predicted octanol–water partition coefficient (Wildman–Crippen LogP) is 5.75. The lowest BCUT2D eigenvalue weighted by Gasteiger charge is -2.14. The number of thiocarbonyl (C=S) groups is 1. The number of carbonyl (C=O) groups excluding carboxylic acids is 1. The van der Waals surface area contributed by atoms with Crippen molar-refractivity contribution in [2.75, 3.05) is 17.7 Å². The van der Waals surface area contributed by atoms with Gasteiger partial charge in [0.1, 0.15) is 10.6 Å². The number of nitrogens with one attached hydrogen (secondary N) is 2. The Hall–Kier alpha value is -2.49. The summed E-state index contributed by atoms with van der Waals surface area (Å²) in [7, 11) is 1.29. The van der Waals surface area contributed by atoms with Crippen LogP contribution < -0.4 is 15.4 Å². The normalized spacial score (nSPS) is 10.8. The van der Waals surface area contributed by atoms with E-state index in [4.69, 9.17) is 28.6 Å². The number of methoxy groups -OCH3 is 1. The van der Waals surface area contributed by atoms with Crippen LogP contribution in [-0.4, -0.2) is 24.8 Å². The Morgan fingerprint density at radius 1 is 1.21 bits per heavy atom. The number of thiophene rings is 1. The number of hydrogen-bond donors (Lipinski definition) is 2. The van der Waals surface area contributed by atoms with Crippen molar-refractivity contribution in [1.29, 1.82) is 0 Å². The molecule has 10 heteroatoms. The third kappa shape index (κ3) is 4.49. The van der Waals surface area contributed by atoms with Crippen LogP contribution >= 0.6 is 35.2 Å². The number of hydrogen-bond acceptors (Lipinski definition) is 5. The number of rotatable bonds is 5. The first kappa shape index (κ1) is 20.2. The molecule has 0 aliphatic heterocycles. The molecule has 1 aromatic heterocycles. The fourth-order valence-corrected chi connectivity index (χ4v) is 4.11. The standard InChI is InChI=1S/C18H13ClF2N2O3S2/c1-25-16(24)15-14(19)10-7-6-9(8-13(10)28-15)22-18(27)23-11-4-2-3-5-12(11)26-17(20)21/h2-8,17H,1H3,(H2,22,23,27). The molecule has 5 nitrogen and oxygen atoms in total. The summed E-state index contributed by atoms with van der Waals surface area (Å²) in [6.45, 7) is -2.94. The number of fused-ring (bicyclic) bond motifs is 1. The van der Waals surface area contributed by atoms with Crippen LogP contribution in [0.2, 0.25) is 5.02 Å². The zero-order valence-electron chi connectivity index (χ0n) is 14.3. The van der Waals surface area contributed by atoms with Crippen LogP contribution in [0.25, 0.3) is 10.1 Å². The van der Waals surface area contributed by atoms with Gasteiger partial charge in [0, 0.05) is 15.8 Å². The van der Waals surface area contributed by atoms with Gasteiger partial charge in [-0.15, -0.1) is 11.3 Å². The van der Waals surface area contributed by atoms with Crippen molar-refractivity contribution < 1.29 is 23.0 Å². The third-order valence-corrected chi connectivity index (χ3v) is 5.45. The minimum Gasteiger partial charge on any atom is -0.465 e. The van der Waals surface area contributed by atoms with Gasteiger partial charge in [-0.3, -0.25) is 0 Å². The van der Waals surface area contributed by atoms with E-state index in [-0.39, 0.29) is 10.9 Å². The molecule has 0 bridgehead atoms. The van der Waals surface area contributed by atoms with Gasteiger partial charge in [0.15, 0.2) is 5.11 Å². The molecule has 0 unspecified atom stereocenters. The Labute approximate surface area is 173 Å². The maximum absolute atomic E-state index is 12.5. The van der Waals surface area contributed by atoms with Crippen molar-refractivity contribution in [3.05, 3.63) is 52.4 Å². The molecule has 3 aromatic rings. The Morgan fingerprint density at radius 2 is 1.96 bits per heavy atom. The predicted molar refractivity (Wildman–Crippen MR) is 111 cm³/mol. The van der Waals surface area contributed by atoms with E-state index in [9.17, 15) is 13.6 Å². The van der Waals surface area contributed by atoms with Crippen LogP contribution in [0.4, 0.5) is 20.2 Å². The van der Waals surface area contributed by atoms with Crippen molar-refractivity contribution in [2.24, 2.45) is 0 Å². The molecule has 0 fully saturated rings. The van der Waals surface area contributed by atoms with Gasteiger partial charge in [0.05, 0.1) is 17.8 Å². The van der Waals surface area contributed by atoms with Gasteiger partial charge >= 0.3 is 12.6 Å². The average Bonchev–Trinajstić information content (AvgIpc) is 2.98. The average molecular weight is 443 g/mol.